The van der Waals surface area contributed by atoms with Crippen LogP contribution in [0.25, 0.3) is 0 Å². The number of amidine groups is 1. The highest BCUT2D eigenvalue weighted by molar-refractivity contribution is 6.05. The highest BCUT2D eigenvalue weighted by atomic mass is 16.2. The highest BCUT2D eigenvalue weighted by Gasteiger charge is 2.59. The van der Waals surface area contributed by atoms with E-state index in [1.165, 1.54) is 25.5 Å². The van der Waals surface area contributed by atoms with E-state index in [0.717, 1.165) is 19.3 Å². The van der Waals surface area contributed by atoms with Crippen LogP contribution in [0.4, 0.5) is 0 Å². The summed E-state index contributed by atoms with van der Waals surface area (Å²) in [5.74, 6) is 0.591. The van der Waals surface area contributed by atoms with Crippen molar-refractivity contribution in [3.63, 3.8) is 0 Å². The minimum atomic E-state index is -0.777. The Morgan fingerprint density at radius 1 is 1.03 bits per heavy atom. The monoisotopic (exact) mass is 410 g/mol. The van der Waals surface area contributed by atoms with Gasteiger partial charge in [0.2, 0.25) is 11.5 Å². The van der Waals surface area contributed by atoms with Gasteiger partial charge in [-0.3, -0.25) is 14.4 Å². The predicted molar refractivity (Wildman–Crippen MR) is 110 cm³/mol. The normalized spacial score (nSPS) is 39.1. The molecule has 4 bridgehead atoms. The summed E-state index contributed by atoms with van der Waals surface area (Å²) in [6.07, 6.45) is 14.1. The van der Waals surface area contributed by atoms with Crippen molar-refractivity contribution in [2.75, 3.05) is 0 Å². The van der Waals surface area contributed by atoms with Gasteiger partial charge in [-0.15, -0.1) is 0 Å². The largest absolute Gasteiger partial charge is 0.364 e. The van der Waals surface area contributed by atoms with Crippen LogP contribution in [-0.2, 0) is 14.4 Å². The number of rotatable bonds is 6. The number of quaternary nitrogens is 1. The first kappa shape index (κ1) is 19.2. The van der Waals surface area contributed by atoms with E-state index in [-0.39, 0.29) is 21.3 Å². The fourth-order valence-corrected chi connectivity index (χ4v) is 7.39. The van der Waals surface area contributed by atoms with Crippen molar-refractivity contribution < 1.29 is 18.9 Å². The van der Waals surface area contributed by atoms with Crippen LogP contribution in [0.3, 0.4) is 0 Å². The molecule has 6 N–H and O–H groups in total. The summed E-state index contributed by atoms with van der Waals surface area (Å²) in [6.45, 7) is 0. The van der Waals surface area contributed by atoms with Crippen molar-refractivity contribution in [1.82, 2.24) is 0 Å². The Kier molecular flexibility index (Phi) is 4.09. The molecule has 8 nitrogen and oxygen atoms in total. The molecule has 2 atom stereocenters. The Hall–Kier alpha value is -2.74. The molecule has 8 heteroatoms. The van der Waals surface area contributed by atoms with Gasteiger partial charge in [0.25, 0.3) is 11.8 Å². The molecule has 4 fully saturated rings. The standard InChI is InChI=1S/C22H27N5O3/c23-19(28)15-11-27(16(20(24)29)2-1-3-18(27)26-15)17(21(25)30)10-22-7-12-4-13(8-22)6-14(5-12)9-22/h1-3,11-14,17H,4-10H2,(H5-,23,24,25,28,29,30)/p+1. The summed E-state index contributed by atoms with van der Waals surface area (Å²) in [4.78, 5) is 41.6. The molecule has 158 valence electrons. The smallest absolute Gasteiger partial charge is 0.303 e. The molecule has 6 aliphatic rings. The zero-order valence-corrected chi connectivity index (χ0v) is 16.9. The van der Waals surface area contributed by atoms with E-state index >= 15 is 0 Å². The van der Waals surface area contributed by atoms with Crippen LogP contribution < -0.4 is 17.2 Å². The van der Waals surface area contributed by atoms with Gasteiger partial charge in [0.15, 0.2) is 11.7 Å². The minimum Gasteiger partial charge on any atom is -0.364 e. The molecule has 6 rings (SSSR count). The van der Waals surface area contributed by atoms with Crippen molar-refractivity contribution in [1.29, 1.82) is 0 Å². The summed E-state index contributed by atoms with van der Waals surface area (Å²) >= 11 is 0. The van der Waals surface area contributed by atoms with Crippen molar-refractivity contribution in [3.8, 4) is 0 Å². The number of nitrogens with zero attached hydrogens (tertiary/aromatic N) is 2. The molecule has 0 aromatic carbocycles. The summed E-state index contributed by atoms with van der Waals surface area (Å²) in [5, 5.41) is 0. The van der Waals surface area contributed by atoms with E-state index in [4.69, 9.17) is 17.2 Å². The van der Waals surface area contributed by atoms with Gasteiger partial charge in [-0.2, -0.15) is 9.48 Å². The Morgan fingerprint density at radius 3 is 2.13 bits per heavy atom. The number of nitrogens with two attached hydrogens (primary N) is 3. The topological polar surface area (TPSA) is 142 Å². The second kappa shape index (κ2) is 6.38. The molecule has 2 aliphatic heterocycles. The van der Waals surface area contributed by atoms with Gasteiger partial charge in [-0.25, -0.2) is 0 Å². The van der Waals surface area contributed by atoms with Crippen molar-refractivity contribution in [2.24, 2.45) is 45.4 Å². The van der Waals surface area contributed by atoms with Gasteiger partial charge in [-0.05, 0) is 67.8 Å². The second-order valence-electron chi connectivity index (χ2n) is 9.94. The van der Waals surface area contributed by atoms with Crippen LogP contribution >= 0.6 is 0 Å². The number of aliphatic imine (C=N–C) groups is 1. The lowest BCUT2D eigenvalue weighted by atomic mass is 9.48. The molecule has 0 radical (unpaired) electrons. The van der Waals surface area contributed by atoms with Crippen LogP contribution in [0.5, 0.6) is 0 Å². The average molecular weight is 410 g/mol. The zero-order valence-electron chi connectivity index (χ0n) is 16.9. The maximum absolute atomic E-state index is 12.9. The van der Waals surface area contributed by atoms with E-state index in [2.05, 4.69) is 4.99 Å². The molecule has 3 amide bonds. The Balaban J connectivity index is 1.60. The second-order valence-corrected chi connectivity index (χ2v) is 9.94. The fraction of sp³-hybridized carbons (Fsp3) is 0.545. The number of primary amides is 3. The lowest BCUT2D eigenvalue weighted by Gasteiger charge is -2.58. The number of amides is 3. The molecule has 0 spiro atoms. The van der Waals surface area contributed by atoms with E-state index in [1.807, 2.05) is 0 Å². The van der Waals surface area contributed by atoms with Crippen LogP contribution in [0, 0.1) is 23.2 Å². The molecule has 0 aromatic heterocycles. The summed E-state index contributed by atoms with van der Waals surface area (Å²) < 4.78 is -0.332. The van der Waals surface area contributed by atoms with E-state index in [1.54, 1.807) is 18.2 Å². The molecular formula is C22H28N5O3+. The Labute approximate surface area is 175 Å². The van der Waals surface area contributed by atoms with Gasteiger partial charge in [0, 0.05) is 18.6 Å². The van der Waals surface area contributed by atoms with E-state index in [9.17, 15) is 14.4 Å². The third kappa shape index (κ3) is 2.70. The quantitative estimate of drug-likeness (QED) is 0.561. The maximum atomic E-state index is 12.9. The van der Waals surface area contributed by atoms with Crippen LogP contribution in [0.1, 0.15) is 44.9 Å². The first-order chi connectivity index (χ1) is 14.2. The molecule has 0 saturated heterocycles. The van der Waals surface area contributed by atoms with Gasteiger partial charge in [0.1, 0.15) is 6.20 Å². The zero-order chi connectivity index (χ0) is 21.3. The predicted octanol–water partition coefficient (Wildman–Crippen LogP) is 0.941. The highest BCUT2D eigenvalue weighted by Crippen LogP contribution is 2.62. The summed E-state index contributed by atoms with van der Waals surface area (Å²) in [6, 6.07) is -0.777. The van der Waals surface area contributed by atoms with Gasteiger partial charge < -0.3 is 17.2 Å². The number of hydrogen-bond donors (Lipinski definition) is 3. The van der Waals surface area contributed by atoms with Gasteiger partial charge in [0.05, 0.1) is 0 Å². The maximum Gasteiger partial charge on any atom is 0.303 e. The number of fused-ring (bicyclic) bond motifs is 1. The molecule has 4 aliphatic carbocycles. The third-order valence-corrected chi connectivity index (χ3v) is 7.95. The first-order valence-electron chi connectivity index (χ1n) is 10.7. The lowest BCUT2D eigenvalue weighted by Crippen LogP contribution is -2.63. The molecule has 30 heavy (non-hydrogen) atoms. The molecular weight excluding hydrogens is 382 g/mol. The fourth-order valence-electron chi connectivity index (χ4n) is 7.39. The lowest BCUT2D eigenvalue weighted by molar-refractivity contribution is -0.760. The van der Waals surface area contributed by atoms with Crippen molar-refractivity contribution in [2.45, 2.75) is 51.0 Å². The van der Waals surface area contributed by atoms with Crippen LogP contribution in [-0.4, -0.2) is 34.1 Å². The van der Waals surface area contributed by atoms with Crippen molar-refractivity contribution >= 4 is 23.6 Å². The molecule has 0 aromatic rings. The summed E-state index contributed by atoms with van der Waals surface area (Å²) in [5.41, 5.74) is 17.4. The third-order valence-electron chi connectivity index (χ3n) is 7.95. The average Bonchev–Trinajstić information content (AvgIpc) is 3.05. The number of carbonyl (C=O) groups is 3. The number of hydrogen-bond acceptors (Lipinski definition) is 4. The van der Waals surface area contributed by atoms with E-state index in [0.29, 0.717) is 30.0 Å². The SMILES string of the molecule is NC(=O)C1=C[N+]2(C(CC34CC5CC(CC(C5)C3)C4)C(N)=O)C(C(N)=O)=CC=CC2=N1. The minimum absolute atomic E-state index is 0.0143. The van der Waals surface area contributed by atoms with E-state index < -0.39 is 23.8 Å². The Bertz CT molecular complexity index is 940. The van der Waals surface area contributed by atoms with Crippen LogP contribution in [0.15, 0.2) is 40.8 Å². The first-order valence-corrected chi connectivity index (χ1v) is 10.7. The van der Waals surface area contributed by atoms with Gasteiger partial charge in [-0.1, -0.05) is 0 Å². The van der Waals surface area contributed by atoms with Gasteiger partial charge >= 0.3 is 5.91 Å². The van der Waals surface area contributed by atoms with Crippen molar-refractivity contribution in [3.05, 3.63) is 35.8 Å². The van der Waals surface area contributed by atoms with Crippen LogP contribution in [0.2, 0.25) is 0 Å². The summed E-state index contributed by atoms with van der Waals surface area (Å²) in [7, 11) is 0. The molecule has 2 unspecified atom stereocenters. The molecule has 4 saturated carbocycles. The number of allylic oxidation sites excluding steroid dienone is 2. The number of carbonyl (C=O) groups excluding carboxylic acids is 3. The Morgan fingerprint density at radius 2 is 1.63 bits per heavy atom. The molecule has 2 heterocycles.